The third-order valence-corrected chi connectivity index (χ3v) is 2.63. The molecule has 0 aliphatic heterocycles. The van der Waals surface area contributed by atoms with Crippen LogP contribution in [0.2, 0.25) is 0 Å². The highest BCUT2D eigenvalue weighted by Gasteiger charge is 2.15. The average Bonchev–Trinajstić information content (AvgIpc) is 2.44. The van der Waals surface area contributed by atoms with Crippen LogP contribution in [0.4, 0.5) is 0 Å². The van der Waals surface area contributed by atoms with E-state index in [9.17, 15) is 9.59 Å². The summed E-state index contributed by atoms with van der Waals surface area (Å²) in [5.74, 6) is -0.861. The van der Waals surface area contributed by atoms with E-state index >= 15 is 0 Å². The molecule has 0 aliphatic rings. The molecule has 1 rings (SSSR count). The Morgan fingerprint density at radius 2 is 1.90 bits per heavy atom. The van der Waals surface area contributed by atoms with E-state index in [1.807, 2.05) is 37.3 Å². The Balaban J connectivity index is 2.22. The van der Waals surface area contributed by atoms with Crippen molar-refractivity contribution in [3.63, 3.8) is 0 Å². The molecule has 0 aromatic heterocycles. The van der Waals surface area contributed by atoms with Crippen LogP contribution in [0.3, 0.4) is 0 Å². The molecule has 20 heavy (non-hydrogen) atoms. The minimum atomic E-state index is -0.942. The number of hydrogen-bond acceptors (Lipinski definition) is 5. The summed E-state index contributed by atoms with van der Waals surface area (Å²) in [4.78, 5) is 22.8. The highest BCUT2D eigenvalue weighted by Crippen LogP contribution is 2.04. The van der Waals surface area contributed by atoms with Crippen LogP contribution in [0.25, 0.3) is 0 Å². The first-order valence-electron chi connectivity index (χ1n) is 6.76. The van der Waals surface area contributed by atoms with Gasteiger partial charge in [-0.25, -0.2) is 0 Å². The van der Waals surface area contributed by atoms with Gasteiger partial charge in [0.25, 0.3) is 0 Å². The van der Waals surface area contributed by atoms with E-state index in [4.69, 9.17) is 15.2 Å². The molecule has 0 aliphatic carbocycles. The maximum absolute atomic E-state index is 11.5. The van der Waals surface area contributed by atoms with Crippen LogP contribution in [0.15, 0.2) is 30.3 Å². The predicted octanol–water partition coefficient (Wildman–Crippen LogP) is 2.14. The van der Waals surface area contributed by atoms with Crippen LogP contribution < -0.4 is 5.73 Å². The van der Waals surface area contributed by atoms with Crippen molar-refractivity contribution in [1.29, 1.82) is 0 Å². The Hall–Kier alpha value is -1.88. The van der Waals surface area contributed by atoms with Crippen LogP contribution in [-0.2, 0) is 25.7 Å². The second-order valence-electron chi connectivity index (χ2n) is 4.48. The number of carbonyl (C=O) groups excluding carboxylic acids is 2. The quantitative estimate of drug-likeness (QED) is 0.582. The maximum Gasteiger partial charge on any atom is 0.311 e. The smallest absolute Gasteiger partial charge is 0.311 e. The van der Waals surface area contributed by atoms with Crippen molar-refractivity contribution in [1.82, 2.24) is 0 Å². The van der Waals surface area contributed by atoms with Gasteiger partial charge in [0.05, 0.1) is 6.42 Å². The number of carbonyl (C=O) groups is 2. The molecular weight excluding hydrogens is 258 g/mol. The van der Waals surface area contributed by atoms with Crippen molar-refractivity contribution in [2.75, 3.05) is 0 Å². The van der Waals surface area contributed by atoms with Gasteiger partial charge in [0, 0.05) is 6.42 Å². The second-order valence-corrected chi connectivity index (χ2v) is 4.48. The molecule has 0 saturated heterocycles. The zero-order chi connectivity index (χ0) is 14.8. The Bertz CT molecular complexity index is 419. The van der Waals surface area contributed by atoms with Crippen molar-refractivity contribution >= 4 is 11.9 Å². The molecule has 1 aromatic rings. The molecule has 0 radical (unpaired) electrons. The number of ether oxygens (including phenoxy) is 2. The summed E-state index contributed by atoms with van der Waals surface area (Å²) in [6, 6.07) is 9.34. The van der Waals surface area contributed by atoms with Crippen molar-refractivity contribution in [2.45, 2.75) is 45.4 Å². The van der Waals surface area contributed by atoms with Gasteiger partial charge in [0.15, 0.2) is 6.23 Å². The normalized spacial score (nSPS) is 11.7. The fraction of sp³-hybridized carbons (Fsp3) is 0.467. The SMILES string of the molecule is CCCCC(=O)O[C@@H](N)CC(=O)OCc1ccccc1. The number of unbranched alkanes of at least 4 members (excludes halogenated alkanes) is 1. The molecule has 1 atom stereocenters. The molecule has 0 bridgehead atoms. The zero-order valence-corrected chi connectivity index (χ0v) is 11.7. The molecule has 0 spiro atoms. The molecule has 0 heterocycles. The number of nitrogens with two attached hydrogens (primary N) is 1. The molecule has 0 amide bonds. The van der Waals surface area contributed by atoms with Crippen LogP contribution in [0.5, 0.6) is 0 Å². The zero-order valence-electron chi connectivity index (χ0n) is 11.7. The molecule has 1 aromatic carbocycles. The van der Waals surface area contributed by atoms with E-state index in [0.717, 1.165) is 18.4 Å². The predicted molar refractivity (Wildman–Crippen MR) is 74.4 cm³/mol. The van der Waals surface area contributed by atoms with E-state index in [2.05, 4.69) is 0 Å². The van der Waals surface area contributed by atoms with Crippen LogP contribution >= 0.6 is 0 Å². The minimum absolute atomic E-state index is 0.134. The maximum atomic E-state index is 11.5. The van der Waals surface area contributed by atoms with E-state index in [-0.39, 0.29) is 19.0 Å². The highest BCUT2D eigenvalue weighted by atomic mass is 16.6. The van der Waals surface area contributed by atoms with Gasteiger partial charge in [-0.2, -0.15) is 0 Å². The fourth-order valence-electron chi connectivity index (χ4n) is 1.55. The van der Waals surface area contributed by atoms with Crippen molar-refractivity contribution in [2.24, 2.45) is 5.73 Å². The number of hydrogen-bond donors (Lipinski definition) is 1. The molecule has 0 fully saturated rings. The molecular formula is C15H21NO4. The first kappa shape index (κ1) is 16.2. The Labute approximate surface area is 119 Å². The van der Waals surface area contributed by atoms with Gasteiger partial charge in [-0.3, -0.25) is 15.3 Å². The lowest BCUT2D eigenvalue weighted by Crippen LogP contribution is -2.30. The molecule has 2 N–H and O–H groups in total. The topological polar surface area (TPSA) is 78.6 Å². The summed E-state index contributed by atoms with van der Waals surface area (Å²) in [6.45, 7) is 2.17. The largest absolute Gasteiger partial charge is 0.461 e. The lowest BCUT2D eigenvalue weighted by molar-refractivity contribution is -0.155. The second kappa shape index (κ2) is 9.09. The van der Waals surface area contributed by atoms with Gasteiger partial charge in [-0.05, 0) is 12.0 Å². The van der Waals surface area contributed by atoms with E-state index in [0.29, 0.717) is 6.42 Å². The van der Waals surface area contributed by atoms with Crippen LogP contribution in [-0.4, -0.2) is 18.2 Å². The third-order valence-electron chi connectivity index (χ3n) is 2.63. The minimum Gasteiger partial charge on any atom is -0.461 e. The first-order valence-corrected chi connectivity index (χ1v) is 6.76. The Morgan fingerprint density at radius 1 is 1.20 bits per heavy atom. The Kier molecular flexibility index (Phi) is 7.35. The Morgan fingerprint density at radius 3 is 2.55 bits per heavy atom. The number of benzene rings is 1. The molecule has 5 nitrogen and oxygen atoms in total. The van der Waals surface area contributed by atoms with Gasteiger partial charge in [0.1, 0.15) is 6.61 Å². The van der Waals surface area contributed by atoms with Crippen molar-refractivity contribution in [3.05, 3.63) is 35.9 Å². The van der Waals surface area contributed by atoms with Crippen LogP contribution in [0.1, 0.15) is 38.2 Å². The summed E-state index contributed by atoms with van der Waals surface area (Å²) in [5, 5.41) is 0. The van der Waals surface area contributed by atoms with Gasteiger partial charge < -0.3 is 9.47 Å². The summed E-state index contributed by atoms with van der Waals surface area (Å²) in [7, 11) is 0. The van der Waals surface area contributed by atoms with Gasteiger partial charge in [0.2, 0.25) is 0 Å². The third kappa shape index (κ3) is 6.89. The summed E-state index contributed by atoms with van der Waals surface area (Å²) in [6.07, 6.45) is 0.907. The molecule has 0 saturated carbocycles. The molecule has 0 unspecified atom stereocenters. The van der Waals surface area contributed by atoms with E-state index < -0.39 is 12.2 Å². The lowest BCUT2D eigenvalue weighted by Gasteiger charge is -2.12. The van der Waals surface area contributed by atoms with Crippen molar-refractivity contribution < 1.29 is 19.1 Å². The summed E-state index contributed by atoms with van der Waals surface area (Å²) < 4.78 is 9.96. The summed E-state index contributed by atoms with van der Waals surface area (Å²) in [5.41, 5.74) is 6.47. The summed E-state index contributed by atoms with van der Waals surface area (Å²) >= 11 is 0. The number of rotatable bonds is 8. The fourth-order valence-corrected chi connectivity index (χ4v) is 1.55. The standard InChI is InChI=1S/C15H21NO4/c1-2-3-9-14(17)20-13(16)10-15(18)19-11-12-7-5-4-6-8-12/h4-8,13H,2-3,9-11,16H2,1H3/t13-/m1/s1. The highest BCUT2D eigenvalue weighted by molar-refractivity contribution is 5.72. The molecule has 110 valence electrons. The van der Waals surface area contributed by atoms with Crippen LogP contribution in [0, 0.1) is 0 Å². The first-order chi connectivity index (χ1) is 9.61. The van der Waals surface area contributed by atoms with E-state index in [1.54, 1.807) is 0 Å². The lowest BCUT2D eigenvalue weighted by atomic mass is 10.2. The van der Waals surface area contributed by atoms with E-state index in [1.165, 1.54) is 0 Å². The monoisotopic (exact) mass is 279 g/mol. The average molecular weight is 279 g/mol. The molecule has 5 heteroatoms. The van der Waals surface area contributed by atoms with Gasteiger partial charge in [-0.15, -0.1) is 0 Å². The van der Waals surface area contributed by atoms with Crippen molar-refractivity contribution in [3.8, 4) is 0 Å². The number of esters is 2. The van der Waals surface area contributed by atoms with Gasteiger partial charge in [-0.1, -0.05) is 43.7 Å². The van der Waals surface area contributed by atoms with Gasteiger partial charge >= 0.3 is 11.9 Å².